The van der Waals surface area contributed by atoms with Crippen molar-refractivity contribution in [2.45, 2.75) is 4.90 Å². The quantitative estimate of drug-likeness (QED) is 0.920. The van der Waals surface area contributed by atoms with Crippen molar-refractivity contribution >= 4 is 15.7 Å². The standard InChI is InChI=1S/C14H13F2NO3S/c15-11-8-12(16)10-14(9-11)21(19,20)17(6-7-18)13-4-2-1-3-5-13/h1-5,8-10,18H,6-7H2. The van der Waals surface area contributed by atoms with Crippen molar-refractivity contribution in [1.29, 1.82) is 0 Å². The first-order chi connectivity index (χ1) is 9.95. The minimum absolute atomic E-state index is 0.218. The molecule has 21 heavy (non-hydrogen) atoms. The van der Waals surface area contributed by atoms with E-state index in [0.717, 1.165) is 16.4 Å². The molecule has 0 saturated heterocycles. The van der Waals surface area contributed by atoms with E-state index < -0.39 is 33.2 Å². The summed E-state index contributed by atoms with van der Waals surface area (Å²) in [5.41, 5.74) is 0.302. The van der Waals surface area contributed by atoms with E-state index >= 15 is 0 Å². The summed E-state index contributed by atoms with van der Waals surface area (Å²) in [4.78, 5) is -0.502. The monoisotopic (exact) mass is 313 g/mol. The molecule has 0 heterocycles. The number of rotatable bonds is 5. The molecule has 2 aromatic carbocycles. The van der Waals surface area contributed by atoms with Gasteiger partial charge in [-0.3, -0.25) is 4.31 Å². The van der Waals surface area contributed by atoms with Gasteiger partial charge >= 0.3 is 0 Å². The number of anilines is 1. The highest BCUT2D eigenvalue weighted by molar-refractivity contribution is 7.92. The minimum Gasteiger partial charge on any atom is -0.394 e. The van der Waals surface area contributed by atoms with E-state index in [2.05, 4.69) is 0 Å². The summed E-state index contributed by atoms with van der Waals surface area (Å²) in [7, 11) is -4.17. The molecule has 0 atom stereocenters. The first kappa shape index (κ1) is 15.4. The average molecular weight is 313 g/mol. The largest absolute Gasteiger partial charge is 0.394 e. The van der Waals surface area contributed by atoms with Crippen LogP contribution in [-0.4, -0.2) is 26.7 Å². The van der Waals surface area contributed by atoms with Crippen molar-refractivity contribution < 1.29 is 22.3 Å². The molecule has 7 heteroatoms. The normalized spacial score (nSPS) is 11.4. The van der Waals surface area contributed by atoms with Gasteiger partial charge in [0, 0.05) is 6.07 Å². The van der Waals surface area contributed by atoms with Crippen LogP contribution in [0.3, 0.4) is 0 Å². The third-order valence-corrected chi connectivity index (χ3v) is 4.58. The van der Waals surface area contributed by atoms with E-state index in [1.807, 2.05) is 0 Å². The van der Waals surface area contributed by atoms with E-state index in [0.29, 0.717) is 11.8 Å². The van der Waals surface area contributed by atoms with E-state index in [1.165, 1.54) is 12.1 Å². The predicted octanol–water partition coefficient (Wildman–Crippen LogP) is 2.15. The lowest BCUT2D eigenvalue weighted by Gasteiger charge is -2.23. The van der Waals surface area contributed by atoms with Crippen LogP contribution in [0.2, 0.25) is 0 Å². The zero-order chi connectivity index (χ0) is 15.5. The van der Waals surface area contributed by atoms with Crippen LogP contribution in [-0.2, 0) is 10.0 Å². The zero-order valence-corrected chi connectivity index (χ0v) is 11.7. The second kappa shape index (κ2) is 6.19. The van der Waals surface area contributed by atoms with Crippen LogP contribution in [0.1, 0.15) is 0 Å². The van der Waals surface area contributed by atoms with Crippen LogP contribution in [0.25, 0.3) is 0 Å². The Labute approximate surface area is 121 Å². The van der Waals surface area contributed by atoms with Gasteiger partial charge < -0.3 is 5.11 Å². The van der Waals surface area contributed by atoms with Gasteiger partial charge in [0.15, 0.2) is 0 Å². The fraction of sp³-hybridized carbons (Fsp3) is 0.143. The minimum atomic E-state index is -4.17. The molecule has 0 unspecified atom stereocenters. The second-order valence-corrected chi connectivity index (χ2v) is 6.10. The number of aliphatic hydroxyl groups is 1. The van der Waals surface area contributed by atoms with Crippen LogP contribution >= 0.6 is 0 Å². The zero-order valence-electron chi connectivity index (χ0n) is 10.9. The molecule has 0 fully saturated rings. The maximum Gasteiger partial charge on any atom is 0.264 e. The molecular weight excluding hydrogens is 300 g/mol. The summed E-state index contributed by atoms with van der Waals surface area (Å²) in [5, 5.41) is 9.06. The summed E-state index contributed by atoms with van der Waals surface area (Å²) >= 11 is 0. The fourth-order valence-corrected chi connectivity index (χ4v) is 3.38. The summed E-state index contributed by atoms with van der Waals surface area (Å²) in [6.07, 6.45) is 0. The number of benzene rings is 2. The number of halogens is 2. The number of hydrogen-bond acceptors (Lipinski definition) is 3. The van der Waals surface area contributed by atoms with E-state index in [9.17, 15) is 17.2 Å². The second-order valence-electron chi connectivity index (χ2n) is 4.24. The molecule has 0 aromatic heterocycles. The average Bonchev–Trinajstić information content (AvgIpc) is 2.44. The maximum atomic E-state index is 13.2. The van der Waals surface area contributed by atoms with Crippen LogP contribution in [0.5, 0.6) is 0 Å². The molecule has 0 aliphatic heterocycles. The van der Waals surface area contributed by atoms with Crippen LogP contribution < -0.4 is 4.31 Å². The predicted molar refractivity (Wildman–Crippen MR) is 74.4 cm³/mol. The lowest BCUT2D eigenvalue weighted by Crippen LogP contribution is -2.33. The van der Waals surface area contributed by atoms with Crippen molar-refractivity contribution in [2.24, 2.45) is 0 Å². The molecule has 1 N–H and O–H groups in total. The summed E-state index contributed by atoms with van der Waals surface area (Å²) in [6, 6.07) is 10.1. The van der Waals surface area contributed by atoms with Crippen molar-refractivity contribution in [3.63, 3.8) is 0 Å². The Morgan fingerprint density at radius 3 is 2.10 bits per heavy atom. The topological polar surface area (TPSA) is 57.6 Å². The number of nitrogens with zero attached hydrogens (tertiary/aromatic N) is 1. The van der Waals surface area contributed by atoms with Crippen molar-refractivity contribution in [1.82, 2.24) is 0 Å². The van der Waals surface area contributed by atoms with Gasteiger partial charge in [0.1, 0.15) is 11.6 Å². The van der Waals surface area contributed by atoms with Gasteiger partial charge in [-0.25, -0.2) is 17.2 Å². The Morgan fingerprint density at radius 2 is 1.57 bits per heavy atom. The Hall–Kier alpha value is -1.99. The Kier molecular flexibility index (Phi) is 4.54. The van der Waals surface area contributed by atoms with E-state index in [4.69, 9.17) is 5.11 Å². The van der Waals surface area contributed by atoms with Gasteiger partial charge in [-0.05, 0) is 24.3 Å². The molecular formula is C14H13F2NO3S. The number of sulfonamides is 1. The molecule has 0 amide bonds. The van der Waals surface area contributed by atoms with Gasteiger partial charge in [-0.2, -0.15) is 0 Å². The molecule has 0 radical (unpaired) electrons. The van der Waals surface area contributed by atoms with Crippen LogP contribution in [0.15, 0.2) is 53.4 Å². The van der Waals surface area contributed by atoms with Crippen LogP contribution in [0.4, 0.5) is 14.5 Å². The third-order valence-electron chi connectivity index (χ3n) is 2.77. The maximum absolute atomic E-state index is 13.2. The number of para-hydroxylation sites is 1. The van der Waals surface area contributed by atoms with Crippen LogP contribution in [0, 0.1) is 11.6 Å². The van der Waals surface area contributed by atoms with Gasteiger partial charge in [0.05, 0.1) is 23.7 Å². The molecule has 0 spiro atoms. The summed E-state index contributed by atoms with van der Waals surface area (Å²) in [5.74, 6) is -1.96. The molecule has 2 rings (SSSR count). The Bertz CT molecular complexity index is 700. The van der Waals surface area contributed by atoms with Crippen molar-refractivity contribution in [3.05, 3.63) is 60.2 Å². The number of hydrogen-bond donors (Lipinski definition) is 1. The summed E-state index contributed by atoms with van der Waals surface area (Å²) in [6.45, 7) is -0.642. The highest BCUT2D eigenvalue weighted by atomic mass is 32.2. The molecule has 0 bridgehead atoms. The van der Waals surface area contributed by atoms with Gasteiger partial charge in [-0.1, -0.05) is 18.2 Å². The van der Waals surface area contributed by atoms with Crippen molar-refractivity contribution in [2.75, 3.05) is 17.5 Å². The van der Waals surface area contributed by atoms with Gasteiger partial charge in [-0.15, -0.1) is 0 Å². The first-order valence-corrected chi connectivity index (χ1v) is 7.54. The summed E-state index contributed by atoms with van der Waals surface area (Å²) < 4.78 is 52.4. The molecule has 0 aliphatic carbocycles. The highest BCUT2D eigenvalue weighted by Crippen LogP contribution is 2.24. The third kappa shape index (κ3) is 3.37. The van der Waals surface area contributed by atoms with Crippen molar-refractivity contribution in [3.8, 4) is 0 Å². The number of aliphatic hydroxyl groups excluding tert-OH is 1. The molecule has 2 aromatic rings. The highest BCUT2D eigenvalue weighted by Gasteiger charge is 2.25. The SMILES string of the molecule is O=S(=O)(c1cc(F)cc(F)c1)N(CCO)c1ccccc1. The molecule has 112 valence electrons. The van der Waals surface area contributed by atoms with Gasteiger partial charge in [0.2, 0.25) is 0 Å². The lowest BCUT2D eigenvalue weighted by atomic mass is 10.3. The van der Waals surface area contributed by atoms with Gasteiger partial charge in [0.25, 0.3) is 10.0 Å². The van der Waals surface area contributed by atoms with E-state index in [-0.39, 0.29) is 6.54 Å². The Balaban J connectivity index is 2.52. The van der Waals surface area contributed by atoms with E-state index in [1.54, 1.807) is 18.2 Å². The molecule has 0 saturated carbocycles. The molecule has 0 aliphatic rings. The molecule has 4 nitrogen and oxygen atoms in total. The fourth-order valence-electron chi connectivity index (χ4n) is 1.88. The lowest BCUT2D eigenvalue weighted by molar-refractivity contribution is 0.306. The smallest absolute Gasteiger partial charge is 0.264 e. The Morgan fingerprint density at radius 1 is 1.00 bits per heavy atom. The first-order valence-electron chi connectivity index (χ1n) is 6.10.